The topological polar surface area (TPSA) is 44.1 Å². The first-order valence-electron chi connectivity index (χ1n) is 6.61. The molecule has 3 nitrogen and oxygen atoms in total. The highest BCUT2D eigenvalue weighted by Crippen LogP contribution is 2.24. The maximum absolute atomic E-state index is 12.3. The van der Waals surface area contributed by atoms with E-state index in [1.807, 2.05) is 24.3 Å². The molecular weight excluding hydrogens is 304 g/mol. The summed E-state index contributed by atoms with van der Waals surface area (Å²) in [5.74, 6) is 0.0655. The molecule has 0 N–H and O–H groups in total. The molecule has 0 atom stereocenters. The Labute approximate surface area is 122 Å². The molecule has 19 heavy (non-hydrogen) atoms. The number of halogens is 1. The summed E-state index contributed by atoms with van der Waals surface area (Å²) in [5, 5.41) is 8.90. The number of hydrogen-bond acceptors (Lipinski definition) is 2. The number of nitrogens with zero attached hydrogens (tertiary/aromatic N) is 2. The van der Waals surface area contributed by atoms with E-state index in [0.29, 0.717) is 6.42 Å². The summed E-state index contributed by atoms with van der Waals surface area (Å²) >= 11 is 3.38. The van der Waals surface area contributed by atoms with Crippen LogP contribution in [0.5, 0.6) is 0 Å². The zero-order valence-corrected chi connectivity index (χ0v) is 12.4. The Morgan fingerprint density at radius 2 is 1.95 bits per heavy atom. The molecule has 0 aromatic heterocycles. The SMILES string of the molecule is N#CCN(C(=O)Cc1ccc(Br)cc1)C1CCCC1. The lowest BCUT2D eigenvalue weighted by molar-refractivity contribution is -0.132. The Hall–Kier alpha value is -1.34. The van der Waals surface area contributed by atoms with Crippen LogP contribution in [0.4, 0.5) is 0 Å². The van der Waals surface area contributed by atoms with Crippen LogP contribution in [0.2, 0.25) is 0 Å². The molecule has 1 aliphatic carbocycles. The minimum Gasteiger partial charge on any atom is -0.326 e. The van der Waals surface area contributed by atoms with E-state index in [4.69, 9.17) is 5.26 Å². The van der Waals surface area contributed by atoms with Gasteiger partial charge in [-0.05, 0) is 30.5 Å². The standard InChI is InChI=1S/C15H17BrN2O/c16-13-7-5-12(6-8-13)11-15(19)18(10-9-17)14-3-1-2-4-14/h5-8,14H,1-4,10-11H2. The van der Waals surface area contributed by atoms with Crippen LogP contribution < -0.4 is 0 Å². The minimum atomic E-state index is 0.0655. The highest BCUT2D eigenvalue weighted by atomic mass is 79.9. The molecule has 0 heterocycles. The summed E-state index contributed by atoms with van der Waals surface area (Å²) in [6.45, 7) is 0.208. The Morgan fingerprint density at radius 1 is 1.32 bits per heavy atom. The lowest BCUT2D eigenvalue weighted by Crippen LogP contribution is -2.40. The number of rotatable bonds is 4. The van der Waals surface area contributed by atoms with Crippen molar-refractivity contribution in [1.29, 1.82) is 5.26 Å². The van der Waals surface area contributed by atoms with Crippen molar-refractivity contribution in [2.24, 2.45) is 0 Å². The van der Waals surface area contributed by atoms with Gasteiger partial charge in [-0.3, -0.25) is 4.79 Å². The molecule has 1 aliphatic rings. The van der Waals surface area contributed by atoms with E-state index >= 15 is 0 Å². The molecule has 0 bridgehead atoms. The summed E-state index contributed by atoms with van der Waals surface area (Å²) in [5.41, 5.74) is 0.995. The number of amides is 1. The van der Waals surface area contributed by atoms with Crippen molar-refractivity contribution in [1.82, 2.24) is 4.90 Å². The molecule has 0 spiro atoms. The summed E-state index contributed by atoms with van der Waals surface area (Å²) < 4.78 is 1.01. The number of benzene rings is 1. The van der Waals surface area contributed by atoms with Crippen LogP contribution in [0.3, 0.4) is 0 Å². The van der Waals surface area contributed by atoms with Crippen molar-refractivity contribution < 1.29 is 4.79 Å². The zero-order valence-electron chi connectivity index (χ0n) is 10.8. The van der Waals surface area contributed by atoms with Gasteiger partial charge in [-0.15, -0.1) is 0 Å². The van der Waals surface area contributed by atoms with Crippen molar-refractivity contribution in [2.75, 3.05) is 6.54 Å². The third-order valence-electron chi connectivity index (χ3n) is 3.60. The molecule has 1 saturated carbocycles. The predicted octanol–water partition coefficient (Wildman–Crippen LogP) is 3.29. The van der Waals surface area contributed by atoms with Gasteiger partial charge in [-0.25, -0.2) is 0 Å². The molecule has 0 radical (unpaired) electrons. The molecule has 1 aromatic carbocycles. The first kappa shape index (κ1) is 14.1. The molecule has 0 saturated heterocycles. The van der Waals surface area contributed by atoms with Gasteiger partial charge in [0.1, 0.15) is 6.54 Å². The van der Waals surface area contributed by atoms with Crippen molar-refractivity contribution in [3.05, 3.63) is 34.3 Å². The van der Waals surface area contributed by atoms with Crippen molar-refractivity contribution in [2.45, 2.75) is 38.1 Å². The average Bonchev–Trinajstić information content (AvgIpc) is 2.92. The van der Waals surface area contributed by atoms with Crippen LogP contribution in [0.25, 0.3) is 0 Å². The van der Waals surface area contributed by atoms with E-state index < -0.39 is 0 Å². The van der Waals surface area contributed by atoms with Gasteiger partial charge in [0.25, 0.3) is 0 Å². The van der Waals surface area contributed by atoms with Crippen molar-refractivity contribution in [3.63, 3.8) is 0 Å². The highest BCUT2D eigenvalue weighted by molar-refractivity contribution is 9.10. The molecular formula is C15H17BrN2O. The van der Waals surface area contributed by atoms with E-state index in [1.165, 1.54) is 0 Å². The first-order chi connectivity index (χ1) is 9.20. The quantitative estimate of drug-likeness (QED) is 0.799. The summed E-state index contributed by atoms with van der Waals surface area (Å²) in [7, 11) is 0. The molecule has 0 unspecified atom stereocenters. The lowest BCUT2D eigenvalue weighted by Gasteiger charge is -2.26. The van der Waals surface area contributed by atoms with E-state index in [-0.39, 0.29) is 18.5 Å². The van der Waals surface area contributed by atoms with Crippen LogP contribution in [-0.2, 0) is 11.2 Å². The van der Waals surface area contributed by atoms with Crippen LogP contribution in [0.1, 0.15) is 31.2 Å². The van der Waals surface area contributed by atoms with E-state index in [2.05, 4.69) is 22.0 Å². The summed E-state index contributed by atoms with van der Waals surface area (Å²) in [4.78, 5) is 14.1. The normalized spacial score (nSPS) is 15.2. The number of hydrogen-bond donors (Lipinski definition) is 0. The summed E-state index contributed by atoms with van der Waals surface area (Å²) in [6, 6.07) is 10.2. The fourth-order valence-corrected chi connectivity index (χ4v) is 2.86. The van der Waals surface area contributed by atoms with Gasteiger partial charge in [-0.1, -0.05) is 40.9 Å². The number of nitriles is 1. The molecule has 2 rings (SSSR count). The second kappa shape index (κ2) is 6.72. The minimum absolute atomic E-state index is 0.0655. The first-order valence-corrected chi connectivity index (χ1v) is 7.41. The van der Waals surface area contributed by atoms with Gasteiger partial charge in [0.15, 0.2) is 0 Å². The molecule has 4 heteroatoms. The predicted molar refractivity (Wildman–Crippen MR) is 77.4 cm³/mol. The fraction of sp³-hybridized carbons (Fsp3) is 0.467. The lowest BCUT2D eigenvalue weighted by atomic mass is 10.1. The van der Waals surface area contributed by atoms with Crippen molar-refractivity contribution >= 4 is 21.8 Å². The second-order valence-corrected chi connectivity index (χ2v) is 5.84. The molecule has 1 fully saturated rings. The Morgan fingerprint density at radius 3 is 2.53 bits per heavy atom. The van der Waals surface area contributed by atoms with Crippen LogP contribution in [0, 0.1) is 11.3 Å². The monoisotopic (exact) mass is 320 g/mol. The Kier molecular flexibility index (Phi) is 4.98. The maximum atomic E-state index is 12.3. The van der Waals surface area contributed by atoms with Gasteiger partial charge < -0.3 is 4.90 Å². The van der Waals surface area contributed by atoms with E-state index in [1.54, 1.807) is 4.90 Å². The van der Waals surface area contributed by atoms with Gasteiger partial charge in [0.2, 0.25) is 5.91 Å². The molecule has 1 amide bonds. The van der Waals surface area contributed by atoms with Crippen LogP contribution in [-0.4, -0.2) is 23.4 Å². The van der Waals surface area contributed by atoms with E-state index in [9.17, 15) is 4.79 Å². The van der Waals surface area contributed by atoms with Gasteiger partial charge in [-0.2, -0.15) is 5.26 Å². The Bertz CT molecular complexity index is 472. The van der Waals surface area contributed by atoms with Gasteiger partial charge in [0.05, 0.1) is 12.5 Å². The largest absolute Gasteiger partial charge is 0.326 e. The van der Waals surface area contributed by atoms with Gasteiger partial charge >= 0.3 is 0 Å². The third kappa shape index (κ3) is 3.81. The molecule has 1 aromatic rings. The third-order valence-corrected chi connectivity index (χ3v) is 4.12. The summed E-state index contributed by atoms with van der Waals surface area (Å²) in [6.07, 6.45) is 4.78. The van der Waals surface area contributed by atoms with Crippen molar-refractivity contribution in [3.8, 4) is 6.07 Å². The van der Waals surface area contributed by atoms with Crippen LogP contribution >= 0.6 is 15.9 Å². The maximum Gasteiger partial charge on any atom is 0.228 e. The number of carbonyl (C=O) groups is 1. The van der Waals surface area contributed by atoms with Crippen LogP contribution in [0.15, 0.2) is 28.7 Å². The molecule has 0 aliphatic heterocycles. The van der Waals surface area contributed by atoms with Gasteiger partial charge in [0, 0.05) is 10.5 Å². The smallest absolute Gasteiger partial charge is 0.228 e. The fourth-order valence-electron chi connectivity index (χ4n) is 2.59. The number of carbonyl (C=O) groups excluding carboxylic acids is 1. The van der Waals surface area contributed by atoms with E-state index in [0.717, 1.165) is 35.7 Å². The average molecular weight is 321 g/mol. The second-order valence-electron chi connectivity index (χ2n) is 4.92. The Balaban J connectivity index is 2.02. The molecule has 100 valence electrons. The zero-order chi connectivity index (χ0) is 13.7. The highest BCUT2D eigenvalue weighted by Gasteiger charge is 2.26.